The van der Waals surface area contributed by atoms with Gasteiger partial charge in [0.05, 0.1) is 21.5 Å². The number of nitrogens with zero attached hydrogens (tertiary/aromatic N) is 2. The van der Waals surface area contributed by atoms with Crippen molar-refractivity contribution in [2.75, 3.05) is 5.32 Å². The Balaban J connectivity index is 1.71. The second-order valence-corrected chi connectivity index (χ2v) is 9.16. The first-order valence-electron chi connectivity index (χ1n) is 9.08. The van der Waals surface area contributed by atoms with Crippen LogP contribution in [0.15, 0.2) is 94.0 Å². The van der Waals surface area contributed by atoms with Crippen molar-refractivity contribution in [2.24, 2.45) is 10.2 Å². The molecule has 0 bridgehead atoms. The van der Waals surface area contributed by atoms with E-state index >= 15 is 0 Å². The van der Waals surface area contributed by atoms with Crippen molar-refractivity contribution in [3.63, 3.8) is 0 Å². The summed E-state index contributed by atoms with van der Waals surface area (Å²) in [6.07, 6.45) is 0. The Bertz CT molecular complexity index is 1120. The molecule has 0 aliphatic rings. The van der Waals surface area contributed by atoms with Gasteiger partial charge in [-0.05, 0) is 68.4 Å². The first kappa shape index (κ1) is 20.4. The molecule has 0 saturated heterocycles. The topological polar surface area (TPSA) is 88.0 Å². The lowest BCUT2D eigenvalue weighted by Gasteiger charge is -2.10. The van der Waals surface area contributed by atoms with Crippen LogP contribution in [0.25, 0.3) is 0 Å². The lowest BCUT2D eigenvalue weighted by molar-refractivity contribution is 0.102. The molecule has 3 aromatic carbocycles. The van der Waals surface area contributed by atoms with Gasteiger partial charge >= 0.3 is 0 Å². The molecule has 0 aliphatic heterocycles. The van der Waals surface area contributed by atoms with Gasteiger partial charge in [0.15, 0.2) is 9.84 Å². The van der Waals surface area contributed by atoms with Gasteiger partial charge in [-0.3, -0.25) is 4.79 Å². The second-order valence-electron chi connectivity index (χ2n) is 6.66. The van der Waals surface area contributed by atoms with Crippen molar-refractivity contribution in [1.82, 2.24) is 0 Å². The van der Waals surface area contributed by atoms with E-state index in [0.29, 0.717) is 11.4 Å². The van der Waals surface area contributed by atoms with E-state index in [1.165, 1.54) is 12.1 Å². The number of hydrogen-bond acceptors (Lipinski definition) is 5. The van der Waals surface area contributed by atoms with Crippen LogP contribution < -0.4 is 5.32 Å². The smallest absolute Gasteiger partial charge is 0.255 e. The molecule has 0 unspecified atom stereocenters. The number of rotatable bonds is 6. The Hall–Kier alpha value is -3.32. The molecule has 0 aromatic heterocycles. The summed E-state index contributed by atoms with van der Waals surface area (Å²) < 4.78 is 24.6. The molecule has 1 N–H and O–H groups in total. The van der Waals surface area contributed by atoms with Gasteiger partial charge in [-0.25, -0.2) is 8.42 Å². The summed E-state index contributed by atoms with van der Waals surface area (Å²) in [7, 11) is -3.44. The molecule has 0 spiro atoms. The van der Waals surface area contributed by atoms with Gasteiger partial charge in [-0.15, -0.1) is 0 Å². The summed E-state index contributed by atoms with van der Waals surface area (Å²) in [5.41, 5.74) is 2.25. The highest BCUT2D eigenvalue weighted by Gasteiger charge is 2.20. The molecule has 0 saturated carbocycles. The van der Waals surface area contributed by atoms with E-state index in [1.807, 2.05) is 30.3 Å². The zero-order chi connectivity index (χ0) is 20.9. The molecule has 7 heteroatoms. The summed E-state index contributed by atoms with van der Waals surface area (Å²) in [6.45, 7) is 3.22. The molecule has 148 valence electrons. The van der Waals surface area contributed by atoms with Crippen molar-refractivity contribution >= 4 is 32.8 Å². The third-order valence-electron chi connectivity index (χ3n) is 4.21. The lowest BCUT2D eigenvalue weighted by atomic mass is 10.2. The zero-order valence-electron chi connectivity index (χ0n) is 16.1. The lowest BCUT2D eigenvalue weighted by Crippen LogP contribution is -2.16. The molecule has 0 radical (unpaired) electrons. The van der Waals surface area contributed by atoms with Crippen LogP contribution in [-0.2, 0) is 9.84 Å². The highest BCUT2D eigenvalue weighted by molar-refractivity contribution is 7.92. The molecule has 6 nitrogen and oxygen atoms in total. The number of sulfone groups is 1. The van der Waals surface area contributed by atoms with Gasteiger partial charge < -0.3 is 5.32 Å². The number of benzene rings is 3. The minimum Gasteiger partial charge on any atom is -0.322 e. The van der Waals surface area contributed by atoms with E-state index in [1.54, 1.807) is 50.2 Å². The normalized spacial score (nSPS) is 11.7. The van der Waals surface area contributed by atoms with Crippen LogP contribution >= 0.6 is 0 Å². The number of hydrogen-bond donors (Lipinski definition) is 1. The van der Waals surface area contributed by atoms with Gasteiger partial charge in [0.2, 0.25) is 0 Å². The molecular formula is C22H21N3O3S. The molecule has 0 aliphatic carbocycles. The fourth-order valence-corrected chi connectivity index (χ4v) is 3.62. The van der Waals surface area contributed by atoms with Crippen LogP contribution in [0.4, 0.5) is 17.1 Å². The Morgan fingerprint density at radius 2 is 1.45 bits per heavy atom. The molecule has 29 heavy (non-hydrogen) atoms. The SMILES string of the molecule is CC(C)S(=O)(=O)c1cccc(C(=O)Nc2ccc(N=Nc3ccccc3)cc2)c1. The number of nitrogens with one attached hydrogen (secondary N) is 1. The Morgan fingerprint density at radius 1 is 0.828 bits per heavy atom. The zero-order valence-corrected chi connectivity index (χ0v) is 16.9. The fraction of sp³-hybridized carbons (Fsp3) is 0.136. The maximum atomic E-state index is 12.5. The third-order valence-corrected chi connectivity index (χ3v) is 6.36. The van der Waals surface area contributed by atoms with Crippen LogP contribution in [0.3, 0.4) is 0 Å². The summed E-state index contributed by atoms with van der Waals surface area (Å²) in [5, 5.41) is 10.5. The van der Waals surface area contributed by atoms with E-state index < -0.39 is 15.1 Å². The highest BCUT2D eigenvalue weighted by atomic mass is 32.2. The van der Waals surface area contributed by atoms with Crippen molar-refractivity contribution < 1.29 is 13.2 Å². The van der Waals surface area contributed by atoms with Crippen LogP contribution in [0, 0.1) is 0 Å². The van der Waals surface area contributed by atoms with Gasteiger partial charge in [0, 0.05) is 11.3 Å². The molecular weight excluding hydrogens is 386 g/mol. The van der Waals surface area contributed by atoms with E-state index in [9.17, 15) is 13.2 Å². The largest absolute Gasteiger partial charge is 0.322 e. The van der Waals surface area contributed by atoms with E-state index in [4.69, 9.17) is 0 Å². The predicted octanol–water partition coefficient (Wildman–Crippen LogP) is 5.54. The van der Waals surface area contributed by atoms with Crippen molar-refractivity contribution in [3.05, 3.63) is 84.4 Å². The maximum Gasteiger partial charge on any atom is 0.255 e. The Morgan fingerprint density at radius 3 is 2.07 bits per heavy atom. The molecule has 0 fully saturated rings. The quantitative estimate of drug-likeness (QED) is 0.544. The number of azo groups is 1. The van der Waals surface area contributed by atoms with Crippen LogP contribution in [0.5, 0.6) is 0 Å². The van der Waals surface area contributed by atoms with E-state index in [0.717, 1.165) is 5.69 Å². The monoisotopic (exact) mass is 407 g/mol. The van der Waals surface area contributed by atoms with Crippen LogP contribution in [0.1, 0.15) is 24.2 Å². The summed E-state index contributed by atoms with van der Waals surface area (Å²) >= 11 is 0. The van der Waals surface area contributed by atoms with E-state index in [2.05, 4.69) is 15.5 Å². The van der Waals surface area contributed by atoms with E-state index in [-0.39, 0.29) is 16.4 Å². The minimum absolute atomic E-state index is 0.136. The number of carbonyl (C=O) groups is 1. The summed E-state index contributed by atoms with van der Waals surface area (Å²) in [5.74, 6) is -0.385. The average molecular weight is 407 g/mol. The second kappa shape index (κ2) is 8.79. The number of carbonyl (C=O) groups excluding carboxylic acids is 1. The van der Waals surface area contributed by atoms with Crippen LogP contribution in [-0.4, -0.2) is 19.6 Å². The number of anilines is 1. The first-order valence-corrected chi connectivity index (χ1v) is 10.6. The summed E-state index contributed by atoms with van der Waals surface area (Å²) in [4.78, 5) is 12.6. The van der Waals surface area contributed by atoms with Crippen LogP contribution in [0.2, 0.25) is 0 Å². The van der Waals surface area contributed by atoms with Gasteiger partial charge in [-0.1, -0.05) is 24.3 Å². The molecule has 0 heterocycles. The highest BCUT2D eigenvalue weighted by Crippen LogP contribution is 2.21. The van der Waals surface area contributed by atoms with Crippen molar-refractivity contribution in [3.8, 4) is 0 Å². The third kappa shape index (κ3) is 5.14. The standard InChI is InChI=1S/C22H21N3O3S/c1-16(2)29(27,28)21-10-6-7-17(15-21)22(26)23-18-11-13-20(14-12-18)25-24-19-8-4-3-5-9-19/h3-16H,1-2H3,(H,23,26). The molecule has 3 rings (SSSR count). The molecule has 1 amide bonds. The Kier molecular flexibility index (Phi) is 6.19. The molecule has 0 atom stereocenters. The van der Waals surface area contributed by atoms with Gasteiger partial charge in [0.1, 0.15) is 0 Å². The summed E-state index contributed by atoms with van der Waals surface area (Å²) in [6, 6.07) is 22.3. The van der Waals surface area contributed by atoms with Crippen molar-refractivity contribution in [1.29, 1.82) is 0 Å². The Labute approximate surface area is 170 Å². The molecule has 3 aromatic rings. The first-order chi connectivity index (χ1) is 13.9. The maximum absolute atomic E-state index is 12.5. The van der Waals surface area contributed by atoms with Gasteiger partial charge in [0.25, 0.3) is 5.91 Å². The van der Waals surface area contributed by atoms with Crippen molar-refractivity contribution in [2.45, 2.75) is 24.0 Å². The predicted molar refractivity (Wildman–Crippen MR) is 114 cm³/mol. The average Bonchev–Trinajstić information content (AvgIpc) is 2.74. The number of amides is 1. The van der Waals surface area contributed by atoms with Gasteiger partial charge in [-0.2, -0.15) is 10.2 Å². The minimum atomic E-state index is -3.44. The fourth-order valence-electron chi connectivity index (χ4n) is 2.51.